The molecular formula is C29H34F3N3O6S. The summed E-state index contributed by atoms with van der Waals surface area (Å²) in [5, 5.41) is 22.3. The van der Waals surface area contributed by atoms with Crippen LogP contribution in [0.25, 0.3) is 0 Å². The van der Waals surface area contributed by atoms with E-state index in [1.54, 1.807) is 13.8 Å². The van der Waals surface area contributed by atoms with Crippen LogP contribution in [0.5, 0.6) is 0 Å². The van der Waals surface area contributed by atoms with Gasteiger partial charge in [-0.1, -0.05) is 37.3 Å². The van der Waals surface area contributed by atoms with Crippen LogP contribution >= 0.6 is 0 Å². The minimum Gasteiger partial charge on any atom is -0.394 e. The standard InChI is InChI=1S/C29H34F3N3O6S/c1-4-42(39,40)22-11-9-19(10-12-22)23(17-37)33-26(38)25-18(2)35(27(34-25)28(3)13-6-14-41-28)15-20-7-5-8-21(16-36)24(20)29(30,31)32/h5,7-12,23,36-37H,4,6,13-17H2,1-3H3,(H,33,38)/t23-,28?/m1/s1. The number of carbonyl (C=O) groups excluding carboxylic acids is 1. The number of nitrogens with one attached hydrogen (secondary N) is 1. The predicted octanol–water partition coefficient (Wildman–Crippen LogP) is 4.03. The third kappa shape index (κ3) is 6.24. The van der Waals surface area contributed by atoms with Gasteiger partial charge >= 0.3 is 6.18 Å². The maximum Gasteiger partial charge on any atom is 0.417 e. The molecule has 228 valence electrons. The Bertz CT molecular complexity index is 1550. The maximum atomic E-state index is 14.1. The molecule has 1 unspecified atom stereocenters. The van der Waals surface area contributed by atoms with Gasteiger partial charge in [-0.05, 0) is 55.5 Å². The van der Waals surface area contributed by atoms with Crippen molar-refractivity contribution >= 4 is 15.7 Å². The summed E-state index contributed by atoms with van der Waals surface area (Å²) in [7, 11) is -3.44. The molecule has 0 aliphatic carbocycles. The van der Waals surface area contributed by atoms with E-state index in [2.05, 4.69) is 10.3 Å². The second-order valence-electron chi connectivity index (χ2n) is 10.4. The van der Waals surface area contributed by atoms with Gasteiger partial charge in [-0.15, -0.1) is 0 Å². The minimum absolute atomic E-state index is 0.0442. The molecule has 1 aromatic heterocycles. The molecule has 0 radical (unpaired) electrons. The van der Waals surface area contributed by atoms with E-state index in [1.165, 1.54) is 54.0 Å². The lowest BCUT2D eigenvalue weighted by molar-refractivity contribution is -0.139. The molecular weight excluding hydrogens is 575 g/mol. The van der Waals surface area contributed by atoms with Crippen molar-refractivity contribution in [2.45, 2.75) is 69.5 Å². The number of hydrogen-bond donors (Lipinski definition) is 3. The molecule has 3 aromatic rings. The van der Waals surface area contributed by atoms with Gasteiger partial charge in [0.15, 0.2) is 9.84 Å². The quantitative estimate of drug-likeness (QED) is 0.316. The maximum absolute atomic E-state index is 14.1. The first-order chi connectivity index (χ1) is 19.8. The molecule has 13 heteroatoms. The molecule has 0 bridgehead atoms. The van der Waals surface area contributed by atoms with Crippen molar-refractivity contribution in [3.8, 4) is 0 Å². The van der Waals surface area contributed by atoms with Crippen molar-refractivity contribution in [2.24, 2.45) is 0 Å². The van der Waals surface area contributed by atoms with E-state index in [9.17, 15) is 36.6 Å². The summed E-state index contributed by atoms with van der Waals surface area (Å²) >= 11 is 0. The first-order valence-electron chi connectivity index (χ1n) is 13.5. The highest BCUT2D eigenvalue weighted by atomic mass is 32.2. The highest BCUT2D eigenvalue weighted by Gasteiger charge is 2.40. The van der Waals surface area contributed by atoms with Crippen LogP contribution in [0.3, 0.4) is 0 Å². The number of aliphatic hydroxyl groups excluding tert-OH is 2. The summed E-state index contributed by atoms with van der Waals surface area (Å²) in [4.78, 5) is 18.2. The van der Waals surface area contributed by atoms with Crippen LogP contribution in [0, 0.1) is 6.92 Å². The second-order valence-corrected chi connectivity index (χ2v) is 12.7. The number of benzene rings is 2. The molecule has 1 saturated heterocycles. The largest absolute Gasteiger partial charge is 0.417 e. The molecule has 1 amide bonds. The molecule has 2 atom stereocenters. The Kier molecular flexibility index (Phi) is 9.17. The van der Waals surface area contributed by atoms with Crippen LogP contribution in [-0.2, 0) is 39.5 Å². The number of sulfone groups is 1. The van der Waals surface area contributed by atoms with E-state index in [0.29, 0.717) is 36.5 Å². The zero-order valence-electron chi connectivity index (χ0n) is 23.5. The summed E-state index contributed by atoms with van der Waals surface area (Å²) < 4.78 is 74.0. The average molecular weight is 610 g/mol. The van der Waals surface area contributed by atoms with Gasteiger partial charge in [0.05, 0.1) is 35.5 Å². The molecule has 9 nitrogen and oxygen atoms in total. The smallest absolute Gasteiger partial charge is 0.394 e. The summed E-state index contributed by atoms with van der Waals surface area (Å²) in [6.07, 6.45) is -3.48. The molecule has 4 rings (SSSR count). The van der Waals surface area contributed by atoms with E-state index >= 15 is 0 Å². The fraction of sp³-hybridized carbons (Fsp3) is 0.448. The Morgan fingerprint density at radius 3 is 2.38 bits per heavy atom. The summed E-state index contributed by atoms with van der Waals surface area (Å²) in [6, 6.07) is 8.88. The van der Waals surface area contributed by atoms with Gasteiger partial charge in [-0.25, -0.2) is 13.4 Å². The number of hydrogen-bond acceptors (Lipinski definition) is 7. The molecule has 1 aliphatic rings. The molecule has 3 N–H and O–H groups in total. The third-order valence-electron chi connectivity index (χ3n) is 7.66. The zero-order valence-corrected chi connectivity index (χ0v) is 24.3. The number of aromatic nitrogens is 2. The van der Waals surface area contributed by atoms with Gasteiger partial charge in [-0.2, -0.15) is 13.2 Å². The summed E-state index contributed by atoms with van der Waals surface area (Å²) in [6.45, 7) is 3.74. The Labute approximate surface area is 242 Å². The highest BCUT2D eigenvalue weighted by molar-refractivity contribution is 7.91. The fourth-order valence-electron chi connectivity index (χ4n) is 5.29. The highest BCUT2D eigenvalue weighted by Crippen LogP contribution is 2.39. The van der Waals surface area contributed by atoms with Crippen molar-refractivity contribution < 1.29 is 41.3 Å². The van der Waals surface area contributed by atoms with E-state index < -0.39 is 52.3 Å². The van der Waals surface area contributed by atoms with Crippen LogP contribution in [0.1, 0.15) is 77.0 Å². The molecule has 1 fully saturated rings. The topological polar surface area (TPSA) is 131 Å². The van der Waals surface area contributed by atoms with Crippen LogP contribution in [0.2, 0.25) is 0 Å². The number of imidazole rings is 1. The number of halogens is 3. The van der Waals surface area contributed by atoms with Gasteiger partial charge in [0.25, 0.3) is 5.91 Å². The van der Waals surface area contributed by atoms with Crippen LogP contribution in [-0.4, -0.2) is 53.1 Å². The van der Waals surface area contributed by atoms with Gasteiger partial charge in [-0.3, -0.25) is 4.79 Å². The van der Waals surface area contributed by atoms with E-state index in [4.69, 9.17) is 4.74 Å². The molecule has 0 spiro atoms. The van der Waals surface area contributed by atoms with Crippen molar-refractivity contribution in [1.82, 2.24) is 14.9 Å². The van der Waals surface area contributed by atoms with E-state index in [-0.39, 0.29) is 34.0 Å². The zero-order chi connectivity index (χ0) is 30.9. The number of amides is 1. The van der Waals surface area contributed by atoms with Crippen LogP contribution in [0.15, 0.2) is 47.4 Å². The number of aliphatic hydroxyl groups is 2. The van der Waals surface area contributed by atoms with Crippen molar-refractivity contribution in [3.63, 3.8) is 0 Å². The summed E-state index contributed by atoms with van der Waals surface area (Å²) in [5.74, 6) is -0.452. The number of nitrogens with zero attached hydrogens (tertiary/aromatic N) is 2. The molecule has 1 aliphatic heterocycles. The SMILES string of the molecule is CCS(=O)(=O)c1ccc([C@@H](CO)NC(=O)c2nc(C3(C)CCCO3)n(Cc3cccc(CO)c3C(F)(F)F)c2C)cc1. The van der Waals surface area contributed by atoms with Crippen molar-refractivity contribution in [1.29, 1.82) is 0 Å². The molecule has 0 saturated carbocycles. The Morgan fingerprint density at radius 1 is 1.17 bits per heavy atom. The lowest BCUT2D eigenvalue weighted by Gasteiger charge is -2.25. The lowest BCUT2D eigenvalue weighted by Crippen LogP contribution is -2.31. The fourth-order valence-corrected chi connectivity index (χ4v) is 6.17. The first-order valence-corrected chi connectivity index (χ1v) is 15.2. The minimum atomic E-state index is -4.72. The van der Waals surface area contributed by atoms with E-state index in [1.807, 2.05) is 0 Å². The number of carbonyl (C=O) groups is 1. The van der Waals surface area contributed by atoms with Crippen molar-refractivity contribution in [2.75, 3.05) is 19.0 Å². The Morgan fingerprint density at radius 2 is 1.83 bits per heavy atom. The van der Waals surface area contributed by atoms with Gasteiger partial charge in [0.2, 0.25) is 0 Å². The van der Waals surface area contributed by atoms with Crippen LogP contribution < -0.4 is 5.32 Å². The second kappa shape index (κ2) is 12.2. The molecule has 2 aromatic carbocycles. The number of ether oxygens (including phenoxy) is 1. The first kappa shape index (κ1) is 31.7. The number of rotatable bonds is 10. The van der Waals surface area contributed by atoms with Gasteiger partial charge in [0, 0.05) is 18.8 Å². The average Bonchev–Trinajstić information content (AvgIpc) is 3.55. The Hall–Kier alpha value is -3.26. The normalized spacial score (nSPS) is 18.3. The van der Waals surface area contributed by atoms with Gasteiger partial charge in [0.1, 0.15) is 17.1 Å². The number of alkyl halides is 3. The van der Waals surface area contributed by atoms with Gasteiger partial charge < -0.3 is 24.8 Å². The predicted molar refractivity (Wildman–Crippen MR) is 147 cm³/mol. The monoisotopic (exact) mass is 609 g/mol. The Balaban J connectivity index is 1.72. The molecule has 2 heterocycles. The summed E-state index contributed by atoms with van der Waals surface area (Å²) in [5.41, 5.74) is -1.54. The van der Waals surface area contributed by atoms with E-state index in [0.717, 1.165) is 0 Å². The lowest BCUT2D eigenvalue weighted by atomic mass is 9.99. The van der Waals surface area contributed by atoms with Crippen LogP contribution in [0.4, 0.5) is 13.2 Å². The van der Waals surface area contributed by atoms with Crippen molar-refractivity contribution in [3.05, 3.63) is 81.9 Å². The third-order valence-corrected chi connectivity index (χ3v) is 9.41. The molecule has 42 heavy (non-hydrogen) atoms.